The Morgan fingerprint density at radius 2 is 1.52 bits per heavy atom. The number of hydrogen-bond donors (Lipinski definition) is 0. The molecule has 1 saturated heterocycles. The van der Waals surface area contributed by atoms with Crippen molar-refractivity contribution in [3.05, 3.63) is 79.2 Å². The Bertz CT molecular complexity index is 1560. The molecule has 0 aliphatic carbocycles. The molecule has 5 rings (SSSR count). The van der Waals surface area contributed by atoms with E-state index in [4.69, 9.17) is 55.9 Å². The molecule has 1 fully saturated rings. The molecule has 0 bridgehead atoms. The number of halogens is 4. The topological polar surface area (TPSA) is 93.2 Å². The Morgan fingerprint density at radius 1 is 0.900 bits per heavy atom. The van der Waals surface area contributed by atoms with Crippen LogP contribution in [0.5, 0.6) is 11.5 Å². The summed E-state index contributed by atoms with van der Waals surface area (Å²) in [6.07, 6.45) is -0.0158. The van der Waals surface area contributed by atoms with E-state index in [2.05, 4.69) is 0 Å². The number of amides is 3. The zero-order valence-corrected chi connectivity index (χ0v) is 24.1. The van der Waals surface area contributed by atoms with E-state index in [1.807, 2.05) is 13.0 Å². The number of ether oxygens (including phenoxy) is 2. The van der Waals surface area contributed by atoms with Crippen LogP contribution < -0.4 is 19.3 Å². The van der Waals surface area contributed by atoms with Crippen LogP contribution in [0.15, 0.2) is 42.5 Å². The average Bonchev–Trinajstić information content (AvgIpc) is 3.44. The molecule has 0 radical (unpaired) electrons. The lowest BCUT2D eigenvalue weighted by Gasteiger charge is -2.20. The normalized spacial score (nSPS) is 16.6. The second-order valence-electron chi connectivity index (χ2n) is 9.13. The Kier molecular flexibility index (Phi) is 7.72. The number of imide groups is 1. The van der Waals surface area contributed by atoms with Gasteiger partial charge in [0, 0.05) is 13.0 Å². The van der Waals surface area contributed by atoms with Crippen LogP contribution in [0.2, 0.25) is 20.1 Å². The molecule has 2 heterocycles. The Morgan fingerprint density at radius 3 is 2.12 bits per heavy atom. The Labute approximate surface area is 249 Å². The molecule has 0 N–H and O–H groups in total. The molecule has 12 heteroatoms. The molecule has 40 heavy (non-hydrogen) atoms. The maximum Gasteiger partial charge on any atom is 0.316 e. The fourth-order valence-corrected chi connectivity index (χ4v) is 5.78. The van der Waals surface area contributed by atoms with Gasteiger partial charge in [-0.2, -0.15) is 0 Å². The number of aryl methyl sites for hydroxylation is 1. The second-order valence-corrected chi connectivity index (χ2v) is 10.6. The molecule has 0 saturated carbocycles. The first-order valence-electron chi connectivity index (χ1n) is 12.1. The van der Waals surface area contributed by atoms with E-state index >= 15 is 0 Å². The first-order chi connectivity index (χ1) is 19.0. The summed E-state index contributed by atoms with van der Waals surface area (Å²) in [6, 6.07) is 11.6. The zero-order chi connectivity index (χ0) is 28.9. The SMILES string of the molecule is CCOc1ccccc1N1C[C@H](C(=O)Oc2ccc(N3C(=O)c4c(Cl)c(Cl)c(Cl)c(Cl)c4C3=O)c(C)c2)CC1=O. The lowest BCUT2D eigenvalue weighted by Crippen LogP contribution is -2.30. The quantitative estimate of drug-likeness (QED) is 0.0992. The van der Waals surface area contributed by atoms with E-state index in [-0.39, 0.29) is 61.5 Å². The number of anilines is 2. The number of benzene rings is 3. The van der Waals surface area contributed by atoms with Gasteiger partial charge >= 0.3 is 5.97 Å². The van der Waals surface area contributed by atoms with Gasteiger partial charge in [0.1, 0.15) is 11.5 Å². The molecule has 2 aliphatic heterocycles. The highest BCUT2D eigenvalue weighted by Crippen LogP contribution is 2.46. The van der Waals surface area contributed by atoms with Gasteiger partial charge in [0.25, 0.3) is 11.8 Å². The lowest BCUT2D eigenvalue weighted by atomic mass is 10.1. The summed E-state index contributed by atoms with van der Waals surface area (Å²) < 4.78 is 11.2. The largest absolute Gasteiger partial charge is 0.492 e. The number of esters is 1. The molecule has 3 aromatic carbocycles. The van der Waals surface area contributed by atoms with Gasteiger partial charge in [-0.25, -0.2) is 4.90 Å². The molecular formula is C28H20Cl4N2O6. The number of carbonyl (C=O) groups is 4. The third-order valence-electron chi connectivity index (χ3n) is 6.64. The van der Waals surface area contributed by atoms with E-state index in [1.165, 1.54) is 23.1 Å². The average molecular weight is 622 g/mol. The van der Waals surface area contributed by atoms with Gasteiger partial charge in [0.05, 0.1) is 55.1 Å². The third-order valence-corrected chi connectivity index (χ3v) is 8.44. The fourth-order valence-electron chi connectivity index (χ4n) is 4.77. The predicted octanol–water partition coefficient (Wildman–Crippen LogP) is 6.77. The van der Waals surface area contributed by atoms with Crippen molar-refractivity contribution in [1.29, 1.82) is 0 Å². The first-order valence-corrected chi connectivity index (χ1v) is 13.7. The molecule has 8 nitrogen and oxygen atoms in total. The van der Waals surface area contributed by atoms with Crippen molar-refractivity contribution in [1.82, 2.24) is 0 Å². The molecule has 0 spiro atoms. The van der Waals surface area contributed by atoms with Crippen LogP contribution in [0.1, 0.15) is 39.6 Å². The number of hydrogen-bond acceptors (Lipinski definition) is 6. The van der Waals surface area contributed by atoms with Crippen LogP contribution in [-0.2, 0) is 9.59 Å². The number of fused-ring (bicyclic) bond motifs is 1. The van der Waals surface area contributed by atoms with Crippen LogP contribution in [-0.4, -0.2) is 36.8 Å². The summed E-state index contributed by atoms with van der Waals surface area (Å²) in [5.74, 6) is -2.18. The van der Waals surface area contributed by atoms with Crippen LogP contribution >= 0.6 is 46.4 Å². The van der Waals surface area contributed by atoms with Gasteiger partial charge in [0.15, 0.2) is 0 Å². The first kappa shape index (κ1) is 28.2. The lowest BCUT2D eigenvalue weighted by molar-refractivity contribution is -0.139. The van der Waals surface area contributed by atoms with Crippen molar-refractivity contribution in [3.8, 4) is 11.5 Å². The summed E-state index contributed by atoms with van der Waals surface area (Å²) in [7, 11) is 0. The van der Waals surface area contributed by atoms with Crippen molar-refractivity contribution < 1.29 is 28.7 Å². The van der Waals surface area contributed by atoms with Crippen LogP contribution in [0.3, 0.4) is 0 Å². The summed E-state index contributed by atoms with van der Waals surface area (Å²) >= 11 is 24.6. The molecule has 3 amide bonds. The van der Waals surface area contributed by atoms with Crippen LogP contribution in [0.4, 0.5) is 11.4 Å². The number of nitrogens with zero attached hydrogens (tertiary/aromatic N) is 2. The third kappa shape index (κ3) is 4.69. The van der Waals surface area contributed by atoms with E-state index in [9.17, 15) is 19.2 Å². The smallest absolute Gasteiger partial charge is 0.316 e. The van der Waals surface area contributed by atoms with Crippen LogP contribution in [0, 0.1) is 12.8 Å². The maximum atomic E-state index is 13.2. The minimum Gasteiger partial charge on any atom is -0.492 e. The number of para-hydroxylation sites is 2. The second kappa shape index (κ2) is 10.9. The Hall–Kier alpha value is -3.30. The Balaban J connectivity index is 1.34. The summed E-state index contributed by atoms with van der Waals surface area (Å²) in [4.78, 5) is 54.6. The number of rotatable bonds is 6. The summed E-state index contributed by atoms with van der Waals surface area (Å²) in [5.41, 5.74) is 1.01. The van der Waals surface area contributed by atoms with E-state index < -0.39 is 23.7 Å². The highest BCUT2D eigenvalue weighted by Gasteiger charge is 2.43. The van der Waals surface area contributed by atoms with Gasteiger partial charge in [-0.05, 0) is 49.7 Å². The standard InChI is InChI=1S/C28H20Cl4N2O6/c1-3-39-18-7-5-4-6-17(18)33-12-14(11-19(33)35)28(38)40-15-8-9-16(13(2)10-15)34-26(36)20-21(27(34)37)23(30)25(32)24(31)22(20)29/h4-10,14H,3,11-12H2,1-2H3/t14-/m1/s1. The van der Waals surface area contributed by atoms with Gasteiger partial charge in [-0.1, -0.05) is 58.5 Å². The highest BCUT2D eigenvalue weighted by molar-refractivity contribution is 6.56. The monoisotopic (exact) mass is 620 g/mol. The van der Waals surface area contributed by atoms with E-state index in [0.29, 0.717) is 23.6 Å². The zero-order valence-electron chi connectivity index (χ0n) is 21.1. The molecule has 0 aromatic heterocycles. The predicted molar refractivity (Wildman–Crippen MR) is 153 cm³/mol. The minimum absolute atomic E-state index is 0.0158. The molecule has 0 unspecified atom stereocenters. The molecule has 1 atom stereocenters. The highest BCUT2D eigenvalue weighted by atomic mass is 35.5. The van der Waals surface area contributed by atoms with Crippen molar-refractivity contribution in [2.75, 3.05) is 23.0 Å². The molecule has 206 valence electrons. The maximum absolute atomic E-state index is 13.2. The van der Waals surface area contributed by atoms with Gasteiger partial charge in [-0.3, -0.25) is 19.2 Å². The number of carbonyl (C=O) groups excluding carboxylic acids is 4. The fraction of sp³-hybridized carbons (Fsp3) is 0.214. The van der Waals surface area contributed by atoms with Crippen molar-refractivity contribution in [2.24, 2.45) is 5.92 Å². The molecular weight excluding hydrogens is 602 g/mol. The summed E-state index contributed by atoms with van der Waals surface area (Å²) in [6.45, 7) is 4.06. The van der Waals surface area contributed by atoms with E-state index in [0.717, 1.165) is 4.90 Å². The van der Waals surface area contributed by atoms with Crippen molar-refractivity contribution in [3.63, 3.8) is 0 Å². The van der Waals surface area contributed by atoms with E-state index in [1.54, 1.807) is 25.1 Å². The van der Waals surface area contributed by atoms with Crippen molar-refractivity contribution in [2.45, 2.75) is 20.3 Å². The van der Waals surface area contributed by atoms with Crippen LogP contribution in [0.25, 0.3) is 0 Å². The molecule has 2 aliphatic rings. The van der Waals surface area contributed by atoms with Gasteiger partial charge < -0.3 is 14.4 Å². The van der Waals surface area contributed by atoms with Gasteiger partial charge in [-0.15, -0.1) is 0 Å². The van der Waals surface area contributed by atoms with Gasteiger partial charge in [0.2, 0.25) is 5.91 Å². The molecule has 3 aromatic rings. The van der Waals surface area contributed by atoms with Crippen molar-refractivity contribution >= 4 is 81.5 Å². The summed E-state index contributed by atoms with van der Waals surface area (Å²) in [5, 5.41) is -0.586. The minimum atomic E-state index is -0.713.